The topological polar surface area (TPSA) is 12.5 Å². The zero-order valence-electron chi connectivity index (χ0n) is 38.9. The summed E-state index contributed by atoms with van der Waals surface area (Å²) in [6, 6.07) is 88.1. The van der Waals surface area contributed by atoms with E-state index in [0.29, 0.717) is 0 Å². The van der Waals surface area contributed by atoms with E-state index in [2.05, 4.69) is 255 Å². The largest absolute Gasteiger partial charge is 0.456 e. The van der Waals surface area contributed by atoms with Crippen LogP contribution in [0.3, 0.4) is 0 Å². The van der Waals surface area contributed by atoms with Gasteiger partial charge in [-0.05, 0) is 160 Å². The van der Waals surface area contributed by atoms with E-state index < -0.39 is 5.41 Å². The van der Waals surface area contributed by atoms with Crippen LogP contribution in [0.25, 0.3) is 77.5 Å². The van der Waals surface area contributed by atoms with Gasteiger partial charge in [0.25, 0.3) is 0 Å². The van der Waals surface area contributed by atoms with Gasteiger partial charge in [0.15, 0.2) is 0 Å². The fourth-order valence-electron chi connectivity index (χ4n) is 12.9. The highest BCUT2D eigenvalue weighted by molar-refractivity contribution is 6.01. The quantitative estimate of drug-likeness (QED) is 0.175. The lowest BCUT2D eigenvalue weighted by molar-refractivity contribution is 0.488. The first kappa shape index (κ1) is 39.3. The van der Waals surface area contributed by atoms with Crippen molar-refractivity contribution in [1.82, 2.24) is 0 Å². The third-order valence-electron chi connectivity index (χ3n) is 16.1. The molecule has 15 rings (SSSR count). The Labute approximate surface area is 408 Å². The molecular formula is C68H45NO. The molecule has 1 heterocycles. The van der Waals surface area contributed by atoms with Crippen LogP contribution in [0, 0.1) is 0 Å². The highest BCUT2D eigenvalue weighted by atomic mass is 16.5. The maximum Gasteiger partial charge on any atom is 0.135 e. The molecule has 0 saturated heterocycles. The van der Waals surface area contributed by atoms with Gasteiger partial charge in [0.2, 0.25) is 0 Å². The molecular weight excluding hydrogens is 847 g/mol. The van der Waals surface area contributed by atoms with Crippen molar-refractivity contribution in [2.45, 2.75) is 24.7 Å². The Bertz CT molecular complexity index is 3960. The van der Waals surface area contributed by atoms with E-state index in [9.17, 15) is 0 Å². The number of benzene rings is 11. The molecule has 4 aliphatic rings. The second-order valence-corrected chi connectivity index (χ2v) is 20.0. The number of hydrogen-bond donors (Lipinski definition) is 0. The average Bonchev–Trinajstić information content (AvgIpc) is 3.93. The van der Waals surface area contributed by atoms with E-state index in [1.807, 2.05) is 0 Å². The van der Waals surface area contributed by atoms with E-state index in [-0.39, 0.29) is 5.41 Å². The zero-order chi connectivity index (χ0) is 46.3. The monoisotopic (exact) mass is 891 g/mol. The minimum Gasteiger partial charge on any atom is -0.456 e. The van der Waals surface area contributed by atoms with Crippen LogP contribution < -0.4 is 9.64 Å². The van der Waals surface area contributed by atoms with Gasteiger partial charge in [0.05, 0.1) is 5.41 Å². The minimum absolute atomic E-state index is 0.180. The lowest BCUT2D eigenvalue weighted by atomic mass is 9.70. The van der Waals surface area contributed by atoms with Crippen LogP contribution in [0.2, 0.25) is 0 Å². The number of ether oxygens (including phenoxy) is 1. The van der Waals surface area contributed by atoms with E-state index in [4.69, 9.17) is 4.74 Å². The number of fused-ring (bicyclic) bond motifs is 19. The van der Waals surface area contributed by atoms with Crippen molar-refractivity contribution in [2.24, 2.45) is 0 Å². The van der Waals surface area contributed by atoms with Crippen LogP contribution in [-0.4, -0.2) is 0 Å². The van der Waals surface area contributed by atoms with Gasteiger partial charge in [-0.25, -0.2) is 0 Å². The Kier molecular flexibility index (Phi) is 8.08. The van der Waals surface area contributed by atoms with Crippen LogP contribution in [0.15, 0.2) is 237 Å². The molecule has 0 fully saturated rings. The van der Waals surface area contributed by atoms with Crippen molar-refractivity contribution in [3.8, 4) is 78.3 Å². The molecule has 0 saturated carbocycles. The Morgan fingerprint density at radius 3 is 1.41 bits per heavy atom. The van der Waals surface area contributed by atoms with Crippen LogP contribution in [-0.2, 0) is 10.8 Å². The summed E-state index contributed by atoms with van der Waals surface area (Å²) < 4.78 is 7.12. The summed E-state index contributed by atoms with van der Waals surface area (Å²) in [6.45, 7) is 4.75. The van der Waals surface area contributed by atoms with Crippen molar-refractivity contribution in [3.05, 3.63) is 270 Å². The predicted octanol–water partition coefficient (Wildman–Crippen LogP) is 18.1. The summed E-state index contributed by atoms with van der Waals surface area (Å²) in [6.07, 6.45) is 0. The van der Waals surface area contributed by atoms with E-state index in [1.54, 1.807) is 0 Å². The molecule has 0 radical (unpaired) electrons. The zero-order valence-corrected chi connectivity index (χ0v) is 38.9. The van der Waals surface area contributed by atoms with Gasteiger partial charge in [0, 0.05) is 33.6 Å². The third-order valence-corrected chi connectivity index (χ3v) is 16.1. The third kappa shape index (κ3) is 5.33. The number of nitrogens with zero attached hydrogens (tertiary/aromatic N) is 1. The molecule has 70 heavy (non-hydrogen) atoms. The van der Waals surface area contributed by atoms with Crippen molar-refractivity contribution < 1.29 is 4.74 Å². The molecule has 11 aromatic carbocycles. The molecule has 2 nitrogen and oxygen atoms in total. The molecule has 2 heteroatoms. The van der Waals surface area contributed by atoms with Crippen LogP contribution in [0.1, 0.15) is 47.2 Å². The first-order valence-corrected chi connectivity index (χ1v) is 24.5. The molecule has 0 unspecified atom stereocenters. The molecule has 1 spiro atoms. The molecule has 11 aromatic rings. The molecule has 0 atom stereocenters. The van der Waals surface area contributed by atoms with Gasteiger partial charge in [-0.15, -0.1) is 0 Å². The first-order valence-electron chi connectivity index (χ1n) is 24.5. The standard InChI is InChI=1S/C68H45NO/c1-67(2)59-24-12-8-20-50(59)54-33-29-47(40-63(54)67)69(48-30-34-55-53-23-11-15-27-62(53)68(64(55)41-48)60-25-13-9-21-51(60)52-22-10-14-26-61(52)68)46-31-35-65-58(39-46)49-32-28-45(42-16-4-3-5-17-42)36-56(49)57-37-43-18-6-7-19-44(43)38-66(57)70-65/h3-41H,1-2H3. The van der Waals surface area contributed by atoms with Crippen molar-refractivity contribution in [3.63, 3.8) is 0 Å². The Hall–Kier alpha value is -8.72. The average molecular weight is 892 g/mol. The Balaban J connectivity index is 0.980. The van der Waals surface area contributed by atoms with Gasteiger partial charge in [-0.3, -0.25) is 0 Å². The van der Waals surface area contributed by atoms with Crippen molar-refractivity contribution >= 4 is 27.8 Å². The smallest absolute Gasteiger partial charge is 0.135 e. The highest BCUT2D eigenvalue weighted by Crippen LogP contribution is 2.64. The molecule has 3 aliphatic carbocycles. The Morgan fingerprint density at radius 2 is 0.757 bits per heavy atom. The molecule has 328 valence electrons. The predicted molar refractivity (Wildman–Crippen MR) is 289 cm³/mol. The first-order chi connectivity index (χ1) is 34.4. The van der Waals surface area contributed by atoms with Gasteiger partial charge < -0.3 is 9.64 Å². The number of hydrogen-bond acceptors (Lipinski definition) is 2. The summed E-state index contributed by atoms with van der Waals surface area (Å²) in [5.41, 5.74) is 25.2. The Morgan fingerprint density at radius 1 is 0.286 bits per heavy atom. The molecule has 0 bridgehead atoms. The molecule has 0 aromatic heterocycles. The summed E-state index contributed by atoms with van der Waals surface area (Å²) in [4.78, 5) is 2.49. The molecule has 0 amide bonds. The van der Waals surface area contributed by atoms with E-state index >= 15 is 0 Å². The van der Waals surface area contributed by atoms with Crippen LogP contribution >= 0.6 is 0 Å². The van der Waals surface area contributed by atoms with Crippen LogP contribution in [0.4, 0.5) is 17.1 Å². The summed E-state index contributed by atoms with van der Waals surface area (Å²) in [5.74, 6) is 1.69. The van der Waals surface area contributed by atoms with Gasteiger partial charge in [-0.2, -0.15) is 0 Å². The normalized spacial score (nSPS) is 14.2. The summed E-state index contributed by atoms with van der Waals surface area (Å²) in [5, 5.41) is 2.34. The number of rotatable bonds is 4. The lowest BCUT2D eigenvalue weighted by Gasteiger charge is -2.32. The fourth-order valence-corrected chi connectivity index (χ4v) is 12.9. The van der Waals surface area contributed by atoms with E-state index in [1.165, 1.54) is 83.3 Å². The van der Waals surface area contributed by atoms with Gasteiger partial charge in [0.1, 0.15) is 11.5 Å². The SMILES string of the molecule is CC1(C)c2ccccc2-c2ccc(N(c3ccc4c(c3)-c3ccc(-c5ccccc5)cc3-c3cc5ccccc5cc3O4)c3ccc4c(c3)C3(c5ccccc5-c5ccccc53)c3ccccc3-4)cc21. The fraction of sp³-hybridized carbons (Fsp3) is 0.0588. The van der Waals surface area contributed by atoms with Crippen molar-refractivity contribution in [2.75, 3.05) is 4.90 Å². The van der Waals surface area contributed by atoms with Gasteiger partial charge in [-0.1, -0.05) is 190 Å². The molecule has 0 N–H and O–H groups in total. The maximum absolute atomic E-state index is 7.12. The van der Waals surface area contributed by atoms with Crippen molar-refractivity contribution in [1.29, 1.82) is 0 Å². The molecule has 1 aliphatic heterocycles. The van der Waals surface area contributed by atoms with Gasteiger partial charge >= 0.3 is 0 Å². The minimum atomic E-state index is -0.477. The highest BCUT2D eigenvalue weighted by Gasteiger charge is 2.51. The summed E-state index contributed by atoms with van der Waals surface area (Å²) in [7, 11) is 0. The lowest BCUT2D eigenvalue weighted by Crippen LogP contribution is -2.26. The number of anilines is 3. The second-order valence-electron chi connectivity index (χ2n) is 20.0. The summed E-state index contributed by atoms with van der Waals surface area (Å²) >= 11 is 0. The van der Waals surface area contributed by atoms with Crippen LogP contribution in [0.5, 0.6) is 11.5 Å². The second kappa shape index (κ2) is 14.4. The van der Waals surface area contributed by atoms with E-state index in [0.717, 1.165) is 56.2 Å². The maximum atomic E-state index is 7.12.